The summed E-state index contributed by atoms with van der Waals surface area (Å²) in [5, 5.41) is 13.5. The summed E-state index contributed by atoms with van der Waals surface area (Å²) in [4.78, 5) is 26.8. The Hall–Kier alpha value is -3.94. The fourth-order valence-electron chi connectivity index (χ4n) is 5.07. The van der Waals surface area contributed by atoms with Crippen molar-refractivity contribution in [2.45, 2.75) is 38.5 Å². The van der Waals surface area contributed by atoms with Crippen LogP contribution in [0.15, 0.2) is 58.9 Å². The summed E-state index contributed by atoms with van der Waals surface area (Å²) >= 11 is 0. The standard InChI is InChI=1S/C28H31NO7/c1-6-36-28(32)25-15(2)29-19-11-18(16-8-10-22(33-3)24(13-16)35-5)12-21(31)27(19)26(25)17-7-9-20(30)23(14-17)34-4/h7-10,13-14,18,26,29-30H,6,11-12H2,1-5H3. The van der Waals surface area contributed by atoms with Gasteiger partial charge in [-0.1, -0.05) is 12.1 Å². The van der Waals surface area contributed by atoms with Crippen LogP contribution in [0, 0.1) is 0 Å². The molecule has 0 radical (unpaired) electrons. The van der Waals surface area contributed by atoms with Gasteiger partial charge in [0.15, 0.2) is 28.8 Å². The maximum absolute atomic E-state index is 13.7. The van der Waals surface area contributed by atoms with Gasteiger partial charge in [-0.25, -0.2) is 4.79 Å². The molecule has 0 spiro atoms. The molecular weight excluding hydrogens is 462 g/mol. The van der Waals surface area contributed by atoms with E-state index < -0.39 is 11.9 Å². The summed E-state index contributed by atoms with van der Waals surface area (Å²) in [6, 6.07) is 10.6. The van der Waals surface area contributed by atoms with Crippen LogP contribution in [-0.2, 0) is 14.3 Å². The van der Waals surface area contributed by atoms with Crippen molar-refractivity contribution >= 4 is 11.8 Å². The Kier molecular flexibility index (Phi) is 7.24. The van der Waals surface area contributed by atoms with E-state index in [1.165, 1.54) is 13.2 Å². The van der Waals surface area contributed by atoms with Crippen LogP contribution >= 0.6 is 0 Å². The molecule has 1 aliphatic carbocycles. The second-order valence-corrected chi connectivity index (χ2v) is 8.78. The van der Waals surface area contributed by atoms with Crippen molar-refractivity contribution in [3.8, 4) is 23.0 Å². The molecule has 0 amide bonds. The van der Waals surface area contributed by atoms with Crippen molar-refractivity contribution in [3.05, 3.63) is 70.1 Å². The van der Waals surface area contributed by atoms with Crippen molar-refractivity contribution < 1.29 is 33.6 Å². The lowest BCUT2D eigenvalue weighted by Gasteiger charge is -2.36. The lowest BCUT2D eigenvalue weighted by Crippen LogP contribution is -2.36. The smallest absolute Gasteiger partial charge is 0.336 e. The summed E-state index contributed by atoms with van der Waals surface area (Å²) < 4.78 is 21.5. The van der Waals surface area contributed by atoms with Crippen LogP contribution in [0.1, 0.15) is 49.7 Å². The third-order valence-electron chi connectivity index (χ3n) is 6.74. The molecule has 190 valence electrons. The van der Waals surface area contributed by atoms with E-state index in [-0.39, 0.29) is 36.2 Å². The number of nitrogens with one attached hydrogen (secondary N) is 1. The molecule has 8 heteroatoms. The number of Topliss-reactive ketones (excluding diaryl/α,β-unsaturated/α-hetero) is 1. The monoisotopic (exact) mass is 493 g/mol. The predicted molar refractivity (Wildman–Crippen MR) is 133 cm³/mol. The highest BCUT2D eigenvalue weighted by Crippen LogP contribution is 2.47. The minimum Gasteiger partial charge on any atom is -0.504 e. The van der Waals surface area contributed by atoms with Gasteiger partial charge in [-0.15, -0.1) is 0 Å². The Balaban J connectivity index is 1.80. The minimum absolute atomic E-state index is 0.0220. The third-order valence-corrected chi connectivity index (χ3v) is 6.74. The van der Waals surface area contributed by atoms with E-state index in [0.29, 0.717) is 40.3 Å². The molecule has 0 aromatic heterocycles. The van der Waals surface area contributed by atoms with Crippen LogP contribution in [0.4, 0.5) is 0 Å². The molecule has 2 unspecified atom stereocenters. The van der Waals surface area contributed by atoms with E-state index in [1.54, 1.807) is 33.3 Å². The van der Waals surface area contributed by atoms with Gasteiger partial charge >= 0.3 is 5.97 Å². The second kappa shape index (κ2) is 10.4. The summed E-state index contributed by atoms with van der Waals surface area (Å²) in [5.74, 6) is 0.207. The van der Waals surface area contributed by atoms with E-state index in [2.05, 4.69) is 5.32 Å². The van der Waals surface area contributed by atoms with Gasteiger partial charge in [0, 0.05) is 29.3 Å². The van der Waals surface area contributed by atoms with Crippen LogP contribution in [-0.4, -0.2) is 44.8 Å². The molecule has 36 heavy (non-hydrogen) atoms. The number of aromatic hydroxyl groups is 1. The summed E-state index contributed by atoms with van der Waals surface area (Å²) in [6.45, 7) is 3.76. The SMILES string of the molecule is CCOC(=O)C1=C(C)NC2=C(C(=O)CC(c3ccc(OC)c(OC)c3)C2)C1c1ccc(O)c(OC)c1. The first-order valence-corrected chi connectivity index (χ1v) is 11.8. The van der Waals surface area contributed by atoms with E-state index in [0.717, 1.165) is 11.3 Å². The minimum atomic E-state index is -0.645. The van der Waals surface area contributed by atoms with Crippen LogP contribution in [0.25, 0.3) is 0 Å². The average molecular weight is 494 g/mol. The Morgan fingerprint density at radius 1 is 0.972 bits per heavy atom. The van der Waals surface area contributed by atoms with Crippen LogP contribution < -0.4 is 19.5 Å². The molecule has 2 N–H and O–H groups in total. The molecule has 0 saturated heterocycles. The first-order valence-electron chi connectivity index (χ1n) is 11.8. The van der Waals surface area contributed by atoms with E-state index in [9.17, 15) is 14.7 Å². The second-order valence-electron chi connectivity index (χ2n) is 8.78. The number of ether oxygens (including phenoxy) is 4. The van der Waals surface area contributed by atoms with Gasteiger partial charge in [0.1, 0.15) is 0 Å². The average Bonchev–Trinajstić information content (AvgIpc) is 2.87. The number of phenols is 1. The van der Waals surface area contributed by atoms with Gasteiger partial charge in [-0.3, -0.25) is 4.79 Å². The molecule has 2 aliphatic rings. The highest BCUT2D eigenvalue weighted by Gasteiger charge is 2.41. The molecule has 1 heterocycles. The molecule has 4 rings (SSSR count). The number of hydrogen-bond donors (Lipinski definition) is 2. The molecule has 0 bridgehead atoms. The fourth-order valence-corrected chi connectivity index (χ4v) is 5.07. The number of phenolic OH excluding ortho intramolecular Hbond substituents is 1. The first kappa shape index (κ1) is 25.2. The maximum atomic E-state index is 13.7. The molecule has 0 fully saturated rings. The van der Waals surface area contributed by atoms with Crippen LogP contribution in [0.5, 0.6) is 23.0 Å². The Labute approximate surface area is 210 Å². The van der Waals surface area contributed by atoms with Crippen molar-refractivity contribution in [2.24, 2.45) is 0 Å². The molecular formula is C28H31NO7. The summed E-state index contributed by atoms with van der Waals surface area (Å²) in [6.07, 6.45) is 0.854. The molecule has 1 aliphatic heterocycles. The number of methoxy groups -OCH3 is 3. The molecule has 8 nitrogen and oxygen atoms in total. The van der Waals surface area contributed by atoms with E-state index in [4.69, 9.17) is 18.9 Å². The zero-order valence-corrected chi connectivity index (χ0v) is 21.1. The number of carbonyl (C=O) groups excluding carboxylic acids is 2. The zero-order chi connectivity index (χ0) is 26.0. The Bertz CT molecular complexity index is 1260. The van der Waals surface area contributed by atoms with Crippen molar-refractivity contribution in [3.63, 3.8) is 0 Å². The molecule has 0 saturated carbocycles. The molecule has 2 aromatic carbocycles. The van der Waals surface area contributed by atoms with Gasteiger partial charge < -0.3 is 29.4 Å². The number of esters is 1. The van der Waals surface area contributed by atoms with Gasteiger partial charge in [0.05, 0.1) is 33.5 Å². The number of hydrogen-bond acceptors (Lipinski definition) is 8. The summed E-state index contributed by atoms with van der Waals surface area (Å²) in [5.41, 5.74) is 3.95. The molecule has 2 aromatic rings. The van der Waals surface area contributed by atoms with Crippen LogP contribution in [0.3, 0.4) is 0 Å². The first-order chi connectivity index (χ1) is 17.3. The quantitative estimate of drug-likeness (QED) is 0.549. The Morgan fingerprint density at radius 2 is 1.64 bits per heavy atom. The van der Waals surface area contributed by atoms with Crippen molar-refractivity contribution in [2.75, 3.05) is 27.9 Å². The van der Waals surface area contributed by atoms with Crippen LogP contribution in [0.2, 0.25) is 0 Å². The zero-order valence-electron chi connectivity index (χ0n) is 21.1. The maximum Gasteiger partial charge on any atom is 0.336 e. The predicted octanol–water partition coefficient (Wildman–Crippen LogP) is 4.34. The molecule has 2 atom stereocenters. The Morgan fingerprint density at radius 3 is 2.31 bits per heavy atom. The van der Waals surface area contributed by atoms with Gasteiger partial charge in [0.2, 0.25) is 0 Å². The normalized spacial score (nSPS) is 19.4. The number of ketones is 1. The van der Waals surface area contributed by atoms with E-state index >= 15 is 0 Å². The van der Waals surface area contributed by atoms with Crippen molar-refractivity contribution in [1.82, 2.24) is 5.32 Å². The number of rotatable bonds is 7. The highest BCUT2D eigenvalue weighted by molar-refractivity contribution is 6.04. The number of dihydropyridines is 1. The number of allylic oxidation sites excluding steroid dienone is 3. The lowest BCUT2D eigenvalue weighted by molar-refractivity contribution is -0.138. The van der Waals surface area contributed by atoms with Gasteiger partial charge in [-0.2, -0.15) is 0 Å². The van der Waals surface area contributed by atoms with Gasteiger partial charge in [0.25, 0.3) is 0 Å². The topological polar surface area (TPSA) is 103 Å². The summed E-state index contributed by atoms with van der Waals surface area (Å²) in [7, 11) is 4.62. The highest BCUT2D eigenvalue weighted by atomic mass is 16.5. The largest absolute Gasteiger partial charge is 0.504 e. The van der Waals surface area contributed by atoms with E-state index in [1.807, 2.05) is 25.1 Å². The number of carbonyl (C=O) groups is 2. The third kappa shape index (κ3) is 4.51. The van der Waals surface area contributed by atoms with Gasteiger partial charge in [-0.05, 0) is 61.6 Å². The van der Waals surface area contributed by atoms with Crippen molar-refractivity contribution in [1.29, 1.82) is 0 Å². The lowest BCUT2D eigenvalue weighted by atomic mass is 9.71. The number of benzene rings is 2. The fraction of sp³-hybridized carbons (Fsp3) is 0.357.